The van der Waals surface area contributed by atoms with Gasteiger partial charge in [-0.1, -0.05) is 24.3 Å². The molecule has 8 nitrogen and oxygen atoms in total. The molecule has 3 rings (SSSR count). The van der Waals surface area contributed by atoms with Crippen molar-refractivity contribution in [3.05, 3.63) is 74.6 Å². The van der Waals surface area contributed by atoms with Crippen LogP contribution in [0.5, 0.6) is 0 Å². The van der Waals surface area contributed by atoms with Gasteiger partial charge < -0.3 is 4.42 Å². The number of hydrogen-bond donors (Lipinski definition) is 1. The first kappa shape index (κ1) is 17.2. The molecule has 0 unspecified atom stereocenters. The molecule has 0 radical (unpaired) electrons. The number of aldehydes is 1. The van der Waals surface area contributed by atoms with E-state index in [2.05, 4.69) is 10.1 Å². The number of H-pyrrole nitrogens is 1. The monoisotopic (exact) mass is 352 g/mol. The Balaban J connectivity index is 1.78. The number of nitrogens with zero attached hydrogens (tertiary/aromatic N) is 3. The number of carbonyl (C=O) groups is 1. The van der Waals surface area contributed by atoms with Crippen LogP contribution in [-0.2, 0) is 7.05 Å². The van der Waals surface area contributed by atoms with Crippen molar-refractivity contribution < 1.29 is 9.21 Å². The third-order valence-electron chi connectivity index (χ3n) is 3.80. The van der Waals surface area contributed by atoms with Gasteiger partial charge >= 0.3 is 5.69 Å². The molecule has 3 aromatic rings. The van der Waals surface area contributed by atoms with E-state index in [0.717, 1.165) is 16.4 Å². The van der Waals surface area contributed by atoms with E-state index < -0.39 is 11.2 Å². The second-order valence-corrected chi connectivity index (χ2v) is 5.57. The second-order valence-electron chi connectivity index (χ2n) is 5.57. The van der Waals surface area contributed by atoms with E-state index in [1.807, 2.05) is 0 Å². The number of aromatic nitrogens is 2. The molecule has 0 aliphatic rings. The van der Waals surface area contributed by atoms with Gasteiger partial charge in [-0.05, 0) is 12.1 Å². The second kappa shape index (κ2) is 7.06. The molecule has 0 saturated heterocycles. The molecule has 132 valence electrons. The molecule has 0 atom stereocenters. The van der Waals surface area contributed by atoms with Crippen LogP contribution in [0.25, 0.3) is 11.3 Å². The molecule has 0 aliphatic heterocycles. The van der Waals surface area contributed by atoms with Crippen molar-refractivity contribution in [2.75, 3.05) is 12.1 Å². The summed E-state index contributed by atoms with van der Waals surface area (Å²) in [4.78, 5) is 36.6. The standard InChI is InChI=1S/C18H16N4O4/c1-21-17(24)9-16(20-18(21)25)22(2)19-10-14-7-8-15(26-14)13-5-3-12(11-23)4-6-13/h3-11H,1-2H3,(H,20,25). The molecule has 26 heavy (non-hydrogen) atoms. The quantitative estimate of drug-likeness (QED) is 0.427. The van der Waals surface area contributed by atoms with Crippen molar-refractivity contribution in [1.29, 1.82) is 0 Å². The highest BCUT2D eigenvalue weighted by Crippen LogP contribution is 2.21. The van der Waals surface area contributed by atoms with Gasteiger partial charge in [-0.2, -0.15) is 5.10 Å². The largest absolute Gasteiger partial charge is 0.455 e. The molecular formula is C18H16N4O4. The molecule has 2 aromatic heterocycles. The first-order valence-corrected chi connectivity index (χ1v) is 7.71. The SMILES string of the molecule is CN(N=Cc1ccc(-c2ccc(C=O)cc2)o1)c1cc(=O)n(C)c(=O)[nH]1. The molecule has 2 heterocycles. The van der Waals surface area contributed by atoms with Crippen LogP contribution in [-0.4, -0.2) is 29.1 Å². The summed E-state index contributed by atoms with van der Waals surface area (Å²) in [6.07, 6.45) is 2.25. The molecule has 0 spiro atoms. The van der Waals surface area contributed by atoms with Crippen molar-refractivity contribution in [3.8, 4) is 11.3 Å². The van der Waals surface area contributed by atoms with Gasteiger partial charge in [0.05, 0.1) is 6.21 Å². The van der Waals surface area contributed by atoms with Crippen molar-refractivity contribution in [3.63, 3.8) is 0 Å². The summed E-state index contributed by atoms with van der Waals surface area (Å²) in [7, 11) is 2.99. The van der Waals surface area contributed by atoms with Crippen LogP contribution in [0.2, 0.25) is 0 Å². The van der Waals surface area contributed by atoms with Crippen molar-refractivity contribution in [1.82, 2.24) is 9.55 Å². The minimum absolute atomic E-state index is 0.269. The summed E-state index contributed by atoms with van der Waals surface area (Å²) in [6.45, 7) is 0. The predicted molar refractivity (Wildman–Crippen MR) is 97.8 cm³/mol. The highest BCUT2D eigenvalue weighted by molar-refractivity contribution is 5.79. The number of hydrogen-bond acceptors (Lipinski definition) is 6. The van der Waals surface area contributed by atoms with Gasteiger partial charge in [0.2, 0.25) is 0 Å². The van der Waals surface area contributed by atoms with E-state index in [0.29, 0.717) is 17.1 Å². The van der Waals surface area contributed by atoms with E-state index in [-0.39, 0.29) is 5.82 Å². The fourth-order valence-electron chi connectivity index (χ4n) is 2.23. The minimum Gasteiger partial charge on any atom is -0.455 e. The van der Waals surface area contributed by atoms with E-state index in [9.17, 15) is 14.4 Å². The summed E-state index contributed by atoms with van der Waals surface area (Å²) in [5.41, 5.74) is 0.477. The van der Waals surface area contributed by atoms with Crippen LogP contribution in [0.1, 0.15) is 16.1 Å². The Morgan fingerprint density at radius 3 is 2.54 bits per heavy atom. The zero-order chi connectivity index (χ0) is 18.7. The molecule has 0 aliphatic carbocycles. The molecule has 8 heteroatoms. The highest BCUT2D eigenvalue weighted by Gasteiger charge is 2.06. The van der Waals surface area contributed by atoms with E-state index >= 15 is 0 Å². The molecule has 1 N–H and O–H groups in total. The van der Waals surface area contributed by atoms with Crippen LogP contribution in [0.3, 0.4) is 0 Å². The Kier molecular flexibility index (Phi) is 4.66. The molecule has 0 fully saturated rings. The number of furan rings is 1. The highest BCUT2D eigenvalue weighted by atomic mass is 16.3. The summed E-state index contributed by atoms with van der Waals surface area (Å²) in [5.74, 6) is 1.40. The Labute approximate surface area is 148 Å². The minimum atomic E-state index is -0.520. The molecular weight excluding hydrogens is 336 g/mol. The third-order valence-corrected chi connectivity index (χ3v) is 3.80. The number of nitrogens with one attached hydrogen (secondary N) is 1. The number of rotatable bonds is 5. The topological polar surface area (TPSA) is 101 Å². The van der Waals surface area contributed by atoms with Crippen LogP contribution < -0.4 is 16.3 Å². The molecule has 0 amide bonds. The van der Waals surface area contributed by atoms with Gasteiger partial charge in [0.1, 0.15) is 23.6 Å². The maximum atomic E-state index is 11.7. The fraction of sp³-hybridized carbons (Fsp3) is 0.111. The van der Waals surface area contributed by atoms with Crippen LogP contribution in [0.4, 0.5) is 5.82 Å². The van der Waals surface area contributed by atoms with Crippen molar-refractivity contribution >= 4 is 18.3 Å². The number of aromatic amines is 1. The number of anilines is 1. The lowest BCUT2D eigenvalue weighted by molar-refractivity contribution is 0.112. The Hall–Kier alpha value is -3.68. The van der Waals surface area contributed by atoms with Crippen LogP contribution >= 0.6 is 0 Å². The predicted octanol–water partition coefficient (Wildman–Crippen LogP) is 1.62. The van der Waals surface area contributed by atoms with Crippen LogP contribution in [0, 0.1) is 0 Å². The summed E-state index contributed by atoms with van der Waals surface area (Å²) in [6, 6.07) is 11.8. The number of carbonyl (C=O) groups excluding carboxylic acids is 1. The number of hydrazone groups is 1. The van der Waals surface area contributed by atoms with Crippen LogP contribution in [0.15, 0.2) is 61.6 Å². The van der Waals surface area contributed by atoms with Crippen molar-refractivity contribution in [2.45, 2.75) is 0 Å². The van der Waals surface area contributed by atoms with Gasteiger partial charge in [0, 0.05) is 31.3 Å². The maximum Gasteiger partial charge on any atom is 0.329 e. The summed E-state index contributed by atoms with van der Waals surface area (Å²) in [5, 5.41) is 5.53. The third kappa shape index (κ3) is 3.54. The number of benzene rings is 1. The van der Waals surface area contributed by atoms with Gasteiger partial charge in [0.15, 0.2) is 0 Å². The normalized spacial score (nSPS) is 11.0. The summed E-state index contributed by atoms with van der Waals surface area (Å²) >= 11 is 0. The summed E-state index contributed by atoms with van der Waals surface area (Å²) < 4.78 is 6.66. The fourth-order valence-corrected chi connectivity index (χ4v) is 2.23. The zero-order valence-electron chi connectivity index (χ0n) is 14.2. The molecule has 0 bridgehead atoms. The molecule has 1 aromatic carbocycles. The van der Waals surface area contributed by atoms with Crippen molar-refractivity contribution in [2.24, 2.45) is 12.1 Å². The lowest BCUT2D eigenvalue weighted by Gasteiger charge is -2.11. The van der Waals surface area contributed by atoms with E-state index in [1.54, 1.807) is 43.4 Å². The first-order chi connectivity index (χ1) is 12.5. The lowest BCUT2D eigenvalue weighted by Crippen LogP contribution is -2.33. The zero-order valence-corrected chi connectivity index (χ0v) is 14.2. The molecule has 0 saturated carbocycles. The average Bonchev–Trinajstić information content (AvgIpc) is 3.12. The van der Waals surface area contributed by atoms with Gasteiger partial charge in [-0.3, -0.25) is 24.1 Å². The van der Waals surface area contributed by atoms with E-state index in [1.165, 1.54) is 24.3 Å². The Bertz CT molecular complexity index is 1040. The van der Waals surface area contributed by atoms with Gasteiger partial charge in [0.25, 0.3) is 5.56 Å². The van der Waals surface area contributed by atoms with Gasteiger partial charge in [-0.25, -0.2) is 4.79 Å². The Morgan fingerprint density at radius 2 is 1.88 bits per heavy atom. The average molecular weight is 352 g/mol. The van der Waals surface area contributed by atoms with Gasteiger partial charge in [-0.15, -0.1) is 0 Å². The lowest BCUT2D eigenvalue weighted by atomic mass is 10.1. The first-order valence-electron chi connectivity index (χ1n) is 7.71. The maximum absolute atomic E-state index is 11.7. The van der Waals surface area contributed by atoms with E-state index in [4.69, 9.17) is 4.42 Å². The smallest absolute Gasteiger partial charge is 0.329 e. The Morgan fingerprint density at radius 1 is 1.15 bits per heavy atom.